The van der Waals surface area contributed by atoms with E-state index in [1.165, 1.54) is 38.8 Å². The van der Waals surface area contributed by atoms with Crippen molar-refractivity contribution in [2.45, 2.75) is 44.8 Å². The van der Waals surface area contributed by atoms with E-state index in [9.17, 15) is 0 Å². The van der Waals surface area contributed by atoms with Gasteiger partial charge in [0.15, 0.2) is 0 Å². The Bertz CT molecular complexity index is 174. The fourth-order valence-corrected chi connectivity index (χ4v) is 2.81. The van der Waals surface area contributed by atoms with Crippen molar-refractivity contribution in [1.29, 1.82) is 0 Å². The normalized spacial score (nSPS) is 30.6. The minimum Gasteiger partial charge on any atom is -0.374 e. The summed E-state index contributed by atoms with van der Waals surface area (Å²) in [6, 6.07) is 0.658. The van der Waals surface area contributed by atoms with Crippen LogP contribution in [0.4, 0.5) is 0 Å². The van der Waals surface area contributed by atoms with E-state index in [4.69, 9.17) is 4.74 Å². The van der Waals surface area contributed by atoms with Gasteiger partial charge >= 0.3 is 0 Å². The SMILES string of the molecule is CCCC(C1CNCCO1)N1CCCC1. The largest absolute Gasteiger partial charge is 0.374 e. The van der Waals surface area contributed by atoms with E-state index in [-0.39, 0.29) is 0 Å². The van der Waals surface area contributed by atoms with Gasteiger partial charge in [-0.05, 0) is 32.4 Å². The molecule has 2 rings (SSSR count). The molecule has 0 saturated carbocycles. The van der Waals surface area contributed by atoms with Crippen LogP contribution in [-0.2, 0) is 4.74 Å². The van der Waals surface area contributed by atoms with E-state index in [0.717, 1.165) is 19.7 Å². The Hall–Kier alpha value is -0.120. The first-order valence-electron chi connectivity index (χ1n) is 6.48. The topological polar surface area (TPSA) is 24.5 Å². The lowest BCUT2D eigenvalue weighted by molar-refractivity contribution is -0.0289. The third-order valence-corrected chi connectivity index (χ3v) is 3.58. The van der Waals surface area contributed by atoms with Crippen LogP contribution in [-0.4, -0.2) is 49.8 Å². The lowest BCUT2D eigenvalue weighted by Gasteiger charge is -2.36. The Kier molecular flexibility index (Phi) is 4.42. The molecule has 3 nitrogen and oxygen atoms in total. The van der Waals surface area contributed by atoms with E-state index in [0.29, 0.717) is 12.1 Å². The van der Waals surface area contributed by atoms with Crippen molar-refractivity contribution >= 4 is 0 Å². The second-order valence-electron chi connectivity index (χ2n) is 4.71. The zero-order valence-electron chi connectivity index (χ0n) is 9.87. The summed E-state index contributed by atoms with van der Waals surface area (Å²) in [7, 11) is 0. The monoisotopic (exact) mass is 212 g/mol. The Morgan fingerprint density at radius 2 is 2.20 bits per heavy atom. The summed E-state index contributed by atoms with van der Waals surface area (Å²) in [6.07, 6.45) is 5.73. The van der Waals surface area contributed by atoms with Gasteiger partial charge in [-0.1, -0.05) is 13.3 Å². The summed E-state index contributed by atoms with van der Waals surface area (Å²) in [5.41, 5.74) is 0. The molecule has 1 N–H and O–H groups in total. The van der Waals surface area contributed by atoms with Crippen molar-refractivity contribution in [3.05, 3.63) is 0 Å². The van der Waals surface area contributed by atoms with E-state index in [1.807, 2.05) is 0 Å². The average molecular weight is 212 g/mol. The van der Waals surface area contributed by atoms with Crippen molar-refractivity contribution in [2.24, 2.45) is 0 Å². The van der Waals surface area contributed by atoms with Crippen molar-refractivity contribution < 1.29 is 4.74 Å². The molecule has 0 aromatic carbocycles. The van der Waals surface area contributed by atoms with Crippen LogP contribution in [0, 0.1) is 0 Å². The van der Waals surface area contributed by atoms with Gasteiger partial charge in [0.2, 0.25) is 0 Å². The zero-order chi connectivity index (χ0) is 10.5. The lowest BCUT2D eigenvalue weighted by Crippen LogP contribution is -2.51. The molecule has 0 aromatic rings. The first-order valence-corrected chi connectivity index (χ1v) is 6.48. The fraction of sp³-hybridized carbons (Fsp3) is 1.00. The predicted molar refractivity (Wildman–Crippen MR) is 62.1 cm³/mol. The zero-order valence-corrected chi connectivity index (χ0v) is 9.87. The molecule has 0 aromatic heterocycles. The maximum Gasteiger partial charge on any atom is 0.0854 e. The van der Waals surface area contributed by atoms with Crippen molar-refractivity contribution in [1.82, 2.24) is 10.2 Å². The summed E-state index contributed by atoms with van der Waals surface area (Å²) in [4.78, 5) is 2.64. The van der Waals surface area contributed by atoms with Crippen LogP contribution < -0.4 is 5.32 Å². The van der Waals surface area contributed by atoms with Crippen LogP contribution in [0.15, 0.2) is 0 Å². The second-order valence-corrected chi connectivity index (χ2v) is 4.71. The standard InChI is InChI=1S/C12H24N2O/c1-2-5-11(14-7-3-4-8-14)12-10-13-6-9-15-12/h11-13H,2-10H2,1H3. The first kappa shape index (κ1) is 11.4. The van der Waals surface area contributed by atoms with Crippen molar-refractivity contribution in [3.8, 4) is 0 Å². The highest BCUT2D eigenvalue weighted by Crippen LogP contribution is 2.20. The minimum absolute atomic E-state index is 0.428. The Morgan fingerprint density at radius 3 is 2.80 bits per heavy atom. The van der Waals surface area contributed by atoms with Gasteiger partial charge in [-0.25, -0.2) is 0 Å². The molecule has 0 radical (unpaired) electrons. The predicted octanol–water partition coefficient (Wildman–Crippen LogP) is 1.24. The molecule has 3 heteroatoms. The van der Waals surface area contributed by atoms with Crippen LogP contribution in [0.5, 0.6) is 0 Å². The molecule has 2 aliphatic heterocycles. The maximum absolute atomic E-state index is 5.90. The van der Waals surface area contributed by atoms with Gasteiger partial charge in [0, 0.05) is 19.1 Å². The molecule has 2 aliphatic rings. The number of nitrogens with zero attached hydrogens (tertiary/aromatic N) is 1. The molecule has 2 fully saturated rings. The molecule has 88 valence electrons. The summed E-state index contributed by atoms with van der Waals surface area (Å²) < 4.78 is 5.90. The molecule has 0 aliphatic carbocycles. The van der Waals surface area contributed by atoms with Crippen LogP contribution >= 0.6 is 0 Å². The molecule has 15 heavy (non-hydrogen) atoms. The molecule has 2 unspecified atom stereocenters. The van der Waals surface area contributed by atoms with Gasteiger partial charge in [-0.2, -0.15) is 0 Å². The van der Waals surface area contributed by atoms with Gasteiger partial charge in [-0.3, -0.25) is 4.90 Å². The number of nitrogens with one attached hydrogen (secondary N) is 1. The number of morpholine rings is 1. The molecule has 2 saturated heterocycles. The van der Waals surface area contributed by atoms with Gasteiger partial charge in [-0.15, -0.1) is 0 Å². The van der Waals surface area contributed by atoms with Crippen molar-refractivity contribution in [2.75, 3.05) is 32.8 Å². The van der Waals surface area contributed by atoms with Gasteiger partial charge in [0.1, 0.15) is 0 Å². The van der Waals surface area contributed by atoms with Crippen LogP contribution in [0.2, 0.25) is 0 Å². The third-order valence-electron chi connectivity index (χ3n) is 3.58. The molecule has 2 heterocycles. The van der Waals surface area contributed by atoms with E-state index >= 15 is 0 Å². The quantitative estimate of drug-likeness (QED) is 0.759. The van der Waals surface area contributed by atoms with Crippen LogP contribution in [0.1, 0.15) is 32.6 Å². The van der Waals surface area contributed by atoms with Gasteiger partial charge < -0.3 is 10.1 Å². The molecular formula is C12H24N2O. The Labute approximate surface area is 93.2 Å². The molecule has 0 bridgehead atoms. The summed E-state index contributed by atoms with van der Waals surface area (Å²) in [6.45, 7) is 7.80. The van der Waals surface area contributed by atoms with E-state index < -0.39 is 0 Å². The maximum atomic E-state index is 5.90. The lowest BCUT2D eigenvalue weighted by atomic mass is 10.0. The number of hydrogen-bond acceptors (Lipinski definition) is 3. The van der Waals surface area contributed by atoms with E-state index in [1.54, 1.807) is 0 Å². The highest BCUT2D eigenvalue weighted by molar-refractivity contribution is 4.85. The van der Waals surface area contributed by atoms with Crippen LogP contribution in [0.25, 0.3) is 0 Å². The number of ether oxygens (including phenoxy) is 1. The number of likely N-dealkylation sites (tertiary alicyclic amines) is 1. The molecule has 0 spiro atoms. The second kappa shape index (κ2) is 5.83. The van der Waals surface area contributed by atoms with Gasteiger partial charge in [0.05, 0.1) is 12.7 Å². The highest BCUT2D eigenvalue weighted by Gasteiger charge is 2.30. The number of hydrogen-bond donors (Lipinski definition) is 1. The first-order chi connectivity index (χ1) is 7.42. The fourth-order valence-electron chi connectivity index (χ4n) is 2.81. The van der Waals surface area contributed by atoms with Gasteiger partial charge in [0.25, 0.3) is 0 Å². The smallest absolute Gasteiger partial charge is 0.0854 e. The van der Waals surface area contributed by atoms with Crippen molar-refractivity contribution in [3.63, 3.8) is 0 Å². The van der Waals surface area contributed by atoms with E-state index in [2.05, 4.69) is 17.1 Å². The molecule has 2 atom stereocenters. The minimum atomic E-state index is 0.428. The number of rotatable bonds is 4. The molecule has 0 amide bonds. The Balaban J connectivity index is 1.90. The summed E-state index contributed by atoms with van der Waals surface area (Å²) >= 11 is 0. The summed E-state index contributed by atoms with van der Waals surface area (Å²) in [5.74, 6) is 0. The Morgan fingerprint density at radius 1 is 1.40 bits per heavy atom. The van der Waals surface area contributed by atoms with Crippen LogP contribution in [0.3, 0.4) is 0 Å². The summed E-state index contributed by atoms with van der Waals surface area (Å²) in [5, 5.41) is 3.45. The highest BCUT2D eigenvalue weighted by atomic mass is 16.5. The average Bonchev–Trinajstić information content (AvgIpc) is 2.80. The third kappa shape index (κ3) is 2.92. The molecular weight excluding hydrogens is 188 g/mol.